The Bertz CT molecular complexity index is 999. The van der Waals surface area contributed by atoms with Crippen molar-refractivity contribution in [2.75, 3.05) is 26.2 Å². The first-order chi connectivity index (χ1) is 15.2. The van der Waals surface area contributed by atoms with Gasteiger partial charge in [-0.1, -0.05) is 36.4 Å². The van der Waals surface area contributed by atoms with Crippen LogP contribution in [0.25, 0.3) is 10.7 Å². The number of rotatable bonds is 7. The van der Waals surface area contributed by atoms with Crippen molar-refractivity contribution in [3.8, 4) is 10.7 Å². The highest BCUT2D eigenvalue weighted by atomic mass is 32.1. The number of aryl methyl sites for hydroxylation is 1. The molecule has 3 heterocycles. The summed E-state index contributed by atoms with van der Waals surface area (Å²) in [6.45, 7) is 2.37. The normalized spacial score (nSPS) is 13.9. The van der Waals surface area contributed by atoms with Crippen LogP contribution in [0.1, 0.15) is 24.1 Å². The van der Waals surface area contributed by atoms with Crippen LogP contribution >= 0.6 is 11.3 Å². The minimum absolute atomic E-state index is 0.0639. The summed E-state index contributed by atoms with van der Waals surface area (Å²) < 4.78 is 0. The molecule has 0 spiro atoms. The van der Waals surface area contributed by atoms with Gasteiger partial charge < -0.3 is 9.80 Å². The predicted molar refractivity (Wildman–Crippen MR) is 122 cm³/mol. The van der Waals surface area contributed by atoms with Crippen molar-refractivity contribution >= 4 is 23.2 Å². The van der Waals surface area contributed by atoms with E-state index < -0.39 is 0 Å². The first-order valence-corrected chi connectivity index (χ1v) is 11.5. The second kappa shape index (κ2) is 10.3. The number of thiazole rings is 1. The zero-order valence-electron chi connectivity index (χ0n) is 17.4. The van der Waals surface area contributed by atoms with Crippen LogP contribution < -0.4 is 0 Å². The van der Waals surface area contributed by atoms with Gasteiger partial charge in [-0.2, -0.15) is 0 Å². The number of piperazine rings is 1. The fourth-order valence-corrected chi connectivity index (χ4v) is 4.51. The molecule has 0 N–H and O–H groups in total. The maximum Gasteiger partial charge on any atom is 0.228 e. The molecule has 0 radical (unpaired) electrons. The molecule has 0 bridgehead atoms. The molecule has 4 rings (SSSR count). The Labute approximate surface area is 186 Å². The number of aromatic nitrogens is 2. The lowest BCUT2D eigenvalue weighted by molar-refractivity contribution is -0.139. The molecule has 2 amide bonds. The van der Waals surface area contributed by atoms with E-state index in [2.05, 4.69) is 22.1 Å². The SMILES string of the molecule is O=C(CCCc1ccccc1)N1CCN(C(=O)Cc2csc(-c3ccccn3)n2)CC1. The number of carbonyl (C=O) groups is 2. The Hall–Kier alpha value is -3.06. The molecule has 1 aromatic carbocycles. The van der Waals surface area contributed by atoms with E-state index in [4.69, 9.17) is 0 Å². The molecule has 0 saturated carbocycles. The molecule has 1 saturated heterocycles. The highest BCUT2D eigenvalue weighted by Crippen LogP contribution is 2.22. The van der Waals surface area contributed by atoms with Crippen LogP contribution in [-0.2, 0) is 22.4 Å². The first-order valence-electron chi connectivity index (χ1n) is 10.6. The number of amides is 2. The highest BCUT2D eigenvalue weighted by molar-refractivity contribution is 7.13. The van der Waals surface area contributed by atoms with Crippen molar-refractivity contribution in [3.63, 3.8) is 0 Å². The zero-order chi connectivity index (χ0) is 21.5. The van der Waals surface area contributed by atoms with E-state index in [0.717, 1.165) is 29.2 Å². The third-order valence-corrected chi connectivity index (χ3v) is 6.37. The van der Waals surface area contributed by atoms with Crippen LogP contribution in [-0.4, -0.2) is 57.8 Å². The van der Waals surface area contributed by atoms with Gasteiger partial charge in [0, 0.05) is 44.2 Å². The Morgan fingerprint density at radius 2 is 1.61 bits per heavy atom. The Morgan fingerprint density at radius 3 is 2.32 bits per heavy atom. The largest absolute Gasteiger partial charge is 0.339 e. The van der Waals surface area contributed by atoms with Gasteiger partial charge in [-0.3, -0.25) is 14.6 Å². The molecule has 0 atom stereocenters. The quantitative estimate of drug-likeness (QED) is 0.571. The molecule has 0 unspecified atom stereocenters. The van der Waals surface area contributed by atoms with Gasteiger partial charge in [-0.05, 0) is 30.5 Å². The molecule has 1 aliphatic rings. The third-order valence-electron chi connectivity index (χ3n) is 5.45. The zero-order valence-corrected chi connectivity index (χ0v) is 18.3. The van der Waals surface area contributed by atoms with Crippen LogP contribution in [0.2, 0.25) is 0 Å². The maximum absolute atomic E-state index is 12.7. The van der Waals surface area contributed by atoms with Crippen LogP contribution in [0.4, 0.5) is 0 Å². The molecule has 1 aliphatic heterocycles. The van der Waals surface area contributed by atoms with E-state index in [1.165, 1.54) is 16.9 Å². The standard InChI is InChI=1S/C24H26N4O2S/c29-22(11-6-9-19-7-2-1-3-8-19)27-13-15-28(16-14-27)23(30)17-20-18-31-24(26-20)21-10-4-5-12-25-21/h1-5,7-8,10,12,18H,6,9,11,13-17H2. The number of hydrogen-bond donors (Lipinski definition) is 0. The van der Waals surface area contributed by atoms with E-state index in [1.807, 2.05) is 51.6 Å². The number of benzene rings is 1. The second-order valence-corrected chi connectivity index (χ2v) is 8.49. The molecule has 2 aromatic heterocycles. The van der Waals surface area contributed by atoms with Gasteiger partial charge in [0.25, 0.3) is 0 Å². The Kier molecular flexibility index (Phi) is 7.04. The predicted octanol–water partition coefficient (Wildman–Crippen LogP) is 3.44. The number of nitrogens with zero attached hydrogens (tertiary/aromatic N) is 4. The van der Waals surface area contributed by atoms with Gasteiger partial charge in [-0.15, -0.1) is 11.3 Å². The molecule has 160 valence electrons. The topological polar surface area (TPSA) is 66.4 Å². The summed E-state index contributed by atoms with van der Waals surface area (Å²) >= 11 is 1.50. The lowest BCUT2D eigenvalue weighted by Gasteiger charge is -2.34. The smallest absolute Gasteiger partial charge is 0.228 e. The lowest BCUT2D eigenvalue weighted by atomic mass is 10.1. The van der Waals surface area contributed by atoms with Crippen LogP contribution in [0, 0.1) is 0 Å². The fourth-order valence-electron chi connectivity index (χ4n) is 3.71. The summed E-state index contributed by atoms with van der Waals surface area (Å²) in [6.07, 6.45) is 4.35. The Balaban J connectivity index is 1.21. The third kappa shape index (κ3) is 5.76. The number of carbonyl (C=O) groups excluding carboxylic acids is 2. The molecule has 7 heteroatoms. The average Bonchev–Trinajstić information content (AvgIpc) is 3.29. The fraction of sp³-hybridized carbons (Fsp3) is 0.333. The average molecular weight is 435 g/mol. The Morgan fingerprint density at radius 1 is 0.903 bits per heavy atom. The van der Waals surface area contributed by atoms with Crippen LogP contribution in [0.5, 0.6) is 0 Å². The molecular weight excluding hydrogens is 408 g/mol. The van der Waals surface area contributed by atoms with Crippen molar-refractivity contribution in [3.05, 3.63) is 71.4 Å². The highest BCUT2D eigenvalue weighted by Gasteiger charge is 2.24. The van der Waals surface area contributed by atoms with Gasteiger partial charge >= 0.3 is 0 Å². The summed E-state index contributed by atoms with van der Waals surface area (Å²) in [5.74, 6) is 0.247. The van der Waals surface area contributed by atoms with Gasteiger partial charge in [0.15, 0.2) is 0 Å². The summed E-state index contributed by atoms with van der Waals surface area (Å²) in [4.78, 5) is 37.8. The summed E-state index contributed by atoms with van der Waals surface area (Å²) in [6, 6.07) is 16.0. The van der Waals surface area contributed by atoms with Gasteiger partial charge in [0.2, 0.25) is 11.8 Å². The molecule has 3 aromatic rings. The minimum atomic E-state index is 0.0639. The van der Waals surface area contributed by atoms with Crippen LogP contribution in [0.3, 0.4) is 0 Å². The van der Waals surface area contributed by atoms with E-state index in [9.17, 15) is 9.59 Å². The lowest BCUT2D eigenvalue weighted by Crippen LogP contribution is -2.51. The van der Waals surface area contributed by atoms with E-state index in [-0.39, 0.29) is 18.2 Å². The van der Waals surface area contributed by atoms with Crippen molar-refractivity contribution in [2.45, 2.75) is 25.7 Å². The van der Waals surface area contributed by atoms with Gasteiger partial charge in [-0.25, -0.2) is 4.98 Å². The van der Waals surface area contributed by atoms with Crippen molar-refractivity contribution < 1.29 is 9.59 Å². The van der Waals surface area contributed by atoms with Crippen molar-refractivity contribution in [2.24, 2.45) is 0 Å². The maximum atomic E-state index is 12.7. The summed E-state index contributed by atoms with van der Waals surface area (Å²) in [5.41, 5.74) is 2.86. The van der Waals surface area contributed by atoms with Crippen molar-refractivity contribution in [1.29, 1.82) is 0 Å². The minimum Gasteiger partial charge on any atom is -0.339 e. The van der Waals surface area contributed by atoms with E-state index >= 15 is 0 Å². The molecule has 6 nitrogen and oxygen atoms in total. The first kappa shape index (κ1) is 21.2. The van der Waals surface area contributed by atoms with Gasteiger partial charge in [0.05, 0.1) is 17.8 Å². The molecule has 31 heavy (non-hydrogen) atoms. The molecule has 0 aliphatic carbocycles. The second-order valence-electron chi connectivity index (χ2n) is 7.64. The number of pyridine rings is 1. The molecular formula is C24H26N4O2S. The van der Waals surface area contributed by atoms with Crippen LogP contribution in [0.15, 0.2) is 60.1 Å². The van der Waals surface area contributed by atoms with E-state index in [1.54, 1.807) is 6.20 Å². The molecule has 1 fully saturated rings. The number of hydrogen-bond acceptors (Lipinski definition) is 5. The monoisotopic (exact) mass is 434 g/mol. The summed E-state index contributed by atoms with van der Waals surface area (Å²) in [5, 5.41) is 2.75. The summed E-state index contributed by atoms with van der Waals surface area (Å²) in [7, 11) is 0. The van der Waals surface area contributed by atoms with Crippen molar-refractivity contribution in [1.82, 2.24) is 19.8 Å². The van der Waals surface area contributed by atoms with E-state index in [0.29, 0.717) is 32.6 Å². The van der Waals surface area contributed by atoms with Gasteiger partial charge in [0.1, 0.15) is 5.01 Å².